The normalized spacial score (nSPS) is 19.1. The summed E-state index contributed by atoms with van der Waals surface area (Å²) in [5, 5.41) is 8.81. The molecule has 0 saturated carbocycles. The molecule has 1 N–H and O–H groups in total. The molecule has 1 aliphatic heterocycles. The number of carboxylic acid groups (broad SMARTS) is 1. The molecule has 0 spiro atoms. The van der Waals surface area contributed by atoms with E-state index in [9.17, 15) is 18.0 Å². The number of amides is 1. The lowest BCUT2D eigenvalue weighted by Crippen LogP contribution is -2.51. The number of sulfonamides is 1. The lowest BCUT2D eigenvalue weighted by atomic mass is 10.2. The molecule has 1 atom stereocenters. The van der Waals surface area contributed by atoms with Crippen molar-refractivity contribution in [1.29, 1.82) is 0 Å². The van der Waals surface area contributed by atoms with Gasteiger partial charge in [-0.15, -0.1) is 0 Å². The number of morpholine rings is 1. The first-order valence-electron chi connectivity index (χ1n) is 7.29. The molecule has 0 radical (unpaired) electrons. The van der Waals surface area contributed by atoms with Gasteiger partial charge in [-0.1, -0.05) is 0 Å². The zero-order chi connectivity index (χ0) is 17.5. The first kappa shape index (κ1) is 19.8. The van der Waals surface area contributed by atoms with Crippen molar-refractivity contribution in [3.8, 4) is 0 Å². The quantitative estimate of drug-likeness (QED) is 0.529. The Morgan fingerprint density at radius 3 is 2.70 bits per heavy atom. The predicted octanol–water partition coefficient (Wildman–Crippen LogP) is -1.01. The minimum atomic E-state index is -3.66. The molecule has 1 saturated heterocycles. The van der Waals surface area contributed by atoms with Gasteiger partial charge in [0.1, 0.15) is 6.54 Å². The Kier molecular flexibility index (Phi) is 7.89. The van der Waals surface area contributed by atoms with Crippen molar-refractivity contribution >= 4 is 21.9 Å². The summed E-state index contributed by atoms with van der Waals surface area (Å²) in [7, 11) is -2.10. The molecule has 1 unspecified atom stereocenters. The maximum Gasteiger partial charge on any atom is 0.318 e. The lowest BCUT2D eigenvalue weighted by Gasteiger charge is -2.35. The van der Waals surface area contributed by atoms with E-state index in [1.165, 1.54) is 0 Å². The van der Waals surface area contributed by atoms with Crippen LogP contribution in [-0.2, 0) is 29.1 Å². The number of ether oxygens (including phenoxy) is 2. The van der Waals surface area contributed by atoms with E-state index >= 15 is 0 Å². The van der Waals surface area contributed by atoms with Gasteiger partial charge in [0.05, 0.1) is 19.0 Å². The fraction of sp³-hybridized carbons (Fsp3) is 0.846. The fourth-order valence-corrected chi connectivity index (χ4v) is 3.06. The van der Waals surface area contributed by atoms with Crippen LogP contribution in [0.3, 0.4) is 0 Å². The third kappa shape index (κ3) is 7.25. The van der Waals surface area contributed by atoms with Crippen LogP contribution in [0.1, 0.15) is 12.8 Å². The van der Waals surface area contributed by atoms with Gasteiger partial charge in [0.25, 0.3) is 0 Å². The Morgan fingerprint density at radius 2 is 2.13 bits per heavy atom. The summed E-state index contributed by atoms with van der Waals surface area (Å²) in [4.78, 5) is 24.5. The Hall–Kier alpha value is -1.23. The Morgan fingerprint density at radius 1 is 1.43 bits per heavy atom. The Bertz CT molecular complexity index is 508. The molecule has 0 aromatic rings. The molecular formula is C13H24N2O7S. The largest absolute Gasteiger partial charge is 0.480 e. The maximum absolute atomic E-state index is 12.1. The van der Waals surface area contributed by atoms with Crippen LogP contribution in [0.15, 0.2) is 0 Å². The van der Waals surface area contributed by atoms with E-state index in [2.05, 4.69) is 0 Å². The van der Waals surface area contributed by atoms with Gasteiger partial charge in [0, 0.05) is 39.8 Å². The van der Waals surface area contributed by atoms with E-state index < -0.39 is 28.6 Å². The number of hydrogen-bond donors (Lipinski definition) is 1. The molecule has 0 aromatic carbocycles. The second kappa shape index (κ2) is 9.16. The van der Waals surface area contributed by atoms with Gasteiger partial charge in [0.15, 0.2) is 0 Å². The molecule has 134 valence electrons. The van der Waals surface area contributed by atoms with Crippen LogP contribution in [-0.4, -0.2) is 93.5 Å². The highest BCUT2D eigenvalue weighted by Crippen LogP contribution is 2.11. The minimum Gasteiger partial charge on any atom is -0.480 e. The van der Waals surface area contributed by atoms with Gasteiger partial charge in [-0.25, -0.2) is 8.42 Å². The van der Waals surface area contributed by atoms with Gasteiger partial charge in [-0.05, 0) is 6.42 Å². The molecule has 1 fully saturated rings. The molecule has 1 amide bonds. The van der Waals surface area contributed by atoms with Crippen LogP contribution in [0.25, 0.3) is 0 Å². The summed E-state index contributed by atoms with van der Waals surface area (Å²) in [6.07, 6.45) is 1.38. The van der Waals surface area contributed by atoms with E-state index in [0.717, 1.165) is 10.6 Å². The summed E-state index contributed by atoms with van der Waals surface area (Å²) < 4.78 is 34.5. The van der Waals surface area contributed by atoms with E-state index in [4.69, 9.17) is 14.6 Å². The molecule has 1 heterocycles. The number of hydrogen-bond acceptors (Lipinski definition) is 6. The SMILES string of the molecule is COCCCC(=O)N1CCOC(CN(CC(=O)O)S(C)(=O)=O)C1. The zero-order valence-electron chi connectivity index (χ0n) is 13.4. The van der Waals surface area contributed by atoms with Crippen molar-refractivity contribution in [1.82, 2.24) is 9.21 Å². The number of rotatable bonds is 9. The zero-order valence-corrected chi connectivity index (χ0v) is 14.3. The van der Waals surface area contributed by atoms with Crippen molar-refractivity contribution in [2.75, 3.05) is 52.8 Å². The first-order chi connectivity index (χ1) is 10.7. The average molecular weight is 352 g/mol. The van der Waals surface area contributed by atoms with E-state index in [1.807, 2.05) is 0 Å². The molecule has 23 heavy (non-hydrogen) atoms. The maximum atomic E-state index is 12.1. The average Bonchev–Trinajstić information content (AvgIpc) is 2.45. The summed E-state index contributed by atoms with van der Waals surface area (Å²) in [6.45, 7) is 0.774. The van der Waals surface area contributed by atoms with Crippen molar-refractivity contribution in [2.24, 2.45) is 0 Å². The fourth-order valence-electron chi connectivity index (χ4n) is 2.28. The summed E-state index contributed by atoms with van der Waals surface area (Å²) >= 11 is 0. The van der Waals surface area contributed by atoms with Crippen molar-refractivity contribution in [3.05, 3.63) is 0 Å². The number of nitrogens with zero attached hydrogens (tertiary/aromatic N) is 2. The van der Waals surface area contributed by atoms with Crippen LogP contribution in [0.5, 0.6) is 0 Å². The second-order valence-corrected chi connectivity index (χ2v) is 7.36. The molecular weight excluding hydrogens is 328 g/mol. The van der Waals surface area contributed by atoms with Crippen molar-refractivity contribution in [3.63, 3.8) is 0 Å². The molecule has 0 aromatic heterocycles. The molecule has 1 aliphatic rings. The number of carbonyl (C=O) groups excluding carboxylic acids is 1. The minimum absolute atomic E-state index is 0.0421. The number of aliphatic carboxylic acids is 1. The van der Waals surface area contributed by atoms with Gasteiger partial charge < -0.3 is 19.5 Å². The summed E-state index contributed by atoms with van der Waals surface area (Å²) in [5.74, 6) is -1.28. The highest BCUT2D eigenvalue weighted by atomic mass is 32.2. The summed E-state index contributed by atoms with van der Waals surface area (Å²) in [6, 6.07) is 0. The third-order valence-electron chi connectivity index (χ3n) is 3.42. The number of carbonyl (C=O) groups is 2. The standard InChI is InChI=1S/C13H24N2O7S/c1-21-6-3-4-12(16)14-5-7-22-11(8-14)9-15(10-13(17)18)23(2,19)20/h11H,3-10H2,1-2H3,(H,17,18). The Balaban J connectivity index is 2.59. The highest BCUT2D eigenvalue weighted by Gasteiger charge is 2.29. The van der Waals surface area contributed by atoms with Crippen molar-refractivity contribution < 1.29 is 32.6 Å². The van der Waals surface area contributed by atoms with E-state index in [1.54, 1.807) is 12.0 Å². The van der Waals surface area contributed by atoms with Crippen LogP contribution in [0.4, 0.5) is 0 Å². The van der Waals surface area contributed by atoms with Crippen LogP contribution in [0.2, 0.25) is 0 Å². The van der Waals surface area contributed by atoms with Gasteiger partial charge >= 0.3 is 5.97 Å². The second-order valence-electron chi connectivity index (χ2n) is 5.38. The molecule has 10 heteroatoms. The Labute approximate surface area is 136 Å². The summed E-state index contributed by atoms with van der Waals surface area (Å²) in [5.41, 5.74) is 0. The van der Waals surface area contributed by atoms with E-state index in [0.29, 0.717) is 32.6 Å². The third-order valence-corrected chi connectivity index (χ3v) is 4.63. The smallest absolute Gasteiger partial charge is 0.318 e. The van der Waals surface area contributed by atoms with Crippen LogP contribution < -0.4 is 0 Å². The van der Waals surface area contributed by atoms with E-state index in [-0.39, 0.29) is 19.0 Å². The molecule has 0 bridgehead atoms. The molecule has 0 aliphatic carbocycles. The van der Waals surface area contributed by atoms with Gasteiger partial charge in [0.2, 0.25) is 15.9 Å². The number of carboxylic acids is 1. The lowest BCUT2D eigenvalue weighted by molar-refractivity contribution is -0.141. The number of methoxy groups -OCH3 is 1. The highest BCUT2D eigenvalue weighted by molar-refractivity contribution is 7.88. The van der Waals surface area contributed by atoms with Gasteiger partial charge in [-0.2, -0.15) is 4.31 Å². The molecule has 9 nitrogen and oxygen atoms in total. The van der Waals surface area contributed by atoms with Crippen molar-refractivity contribution in [2.45, 2.75) is 18.9 Å². The predicted molar refractivity (Wildman–Crippen MR) is 81.5 cm³/mol. The van der Waals surface area contributed by atoms with Gasteiger partial charge in [-0.3, -0.25) is 9.59 Å². The first-order valence-corrected chi connectivity index (χ1v) is 9.14. The van der Waals surface area contributed by atoms with Crippen LogP contribution in [0, 0.1) is 0 Å². The topological polar surface area (TPSA) is 113 Å². The molecule has 1 rings (SSSR count). The van der Waals surface area contributed by atoms with Crippen LogP contribution >= 0.6 is 0 Å². The monoisotopic (exact) mass is 352 g/mol.